The van der Waals surface area contributed by atoms with Crippen LogP contribution in [0.15, 0.2) is 44.3 Å². The van der Waals surface area contributed by atoms with E-state index in [1.54, 1.807) is 24.3 Å². The molecule has 2 heterocycles. The van der Waals surface area contributed by atoms with Crippen LogP contribution in [0.25, 0.3) is 21.9 Å². The third-order valence-corrected chi connectivity index (χ3v) is 2.59. The van der Waals surface area contributed by atoms with Crippen LogP contribution in [0.2, 0.25) is 0 Å². The second-order valence-corrected chi connectivity index (χ2v) is 3.65. The Morgan fingerprint density at radius 3 is 2.76 bits per heavy atom. The minimum Gasteiger partial charge on any atom is -0.507 e. The molecule has 0 fully saturated rings. The summed E-state index contributed by atoms with van der Waals surface area (Å²) in [5.74, 6) is -0.372. The van der Waals surface area contributed by atoms with E-state index < -0.39 is 11.2 Å². The molecule has 0 radical (unpaired) electrons. The van der Waals surface area contributed by atoms with Gasteiger partial charge in [-0.1, -0.05) is 12.1 Å². The van der Waals surface area contributed by atoms with E-state index in [0.29, 0.717) is 10.9 Å². The highest BCUT2D eigenvalue weighted by Crippen LogP contribution is 2.24. The molecule has 0 atom stereocenters. The molecule has 0 spiro atoms. The number of aromatic hydroxyl groups is 1. The molecule has 0 aliphatic carbocycles. The number of pyridine rings is 1. The zero-order chi connectivity index (χ0) is 12.0. The van der Waals surface area contributed by atoms with Gasteiger partial charge in [0.15, 0.2) is 5.58 Å². The molecule has 17 heavy (non-hydrogen) atoms. The lowest BCUT2D eigenvalue weighted by Crippen LogP contribution is -2.09. The van der Waals surface area contributed by atoms with E-state index in [2.05, 4.69) is 4.98 Å². The molecule has 1 aromatic carbocycles. The molecule has 2 N–H and O–H groups in total. The van der Waals surface area contributed by atoms with Crippen molar-refractivity contribution < 1.29 is 9.52 Å². The fraction of sp³-hybridized carbons (Fsp3) is 0. The number of hydrogen-bond acceptors (Lipinski definition) is 4. The van der Waals surface area contributed by atoms with Crippen LogP contribution in [-0.2, 0) is 0 Å². The first-order valence-electron chi connectivity index (χ1n) is 4.94. The number of nitrogens with one attached hydrogen (secondary N) is 1. The molecule has 0 saturated heterocycles. The highest BCUT2D eigenvalue weighted by Gasteiger charge is 2.12. The summed E-state index contributed by atoms with van der Waals surface area (Å²) in [7, 11) is 0. The smallest absolute Gasteiger partial charge is 0.339 e. The molecule has 2 aromatic heterocycles. The lowest BCUT2D eigenvalue weighted by molar-refractivity contribution is 0.468. The van der Waals surface area contributed by atoms with Crippen LogP contribution < -0.4 is 11.2 Å². The Hall–Kier alpha value is -2.56. The van der Waals surface area contributed by atoms with Crippen LogP contribution in [0.3, 0.4) is 0 Å². The summed E-state index contributed by atoms with van der Waals surface area (Å²) in [6.45, 7) is 0. The average Bonchev–Trinajstić information content (AvgIpc) is 2.28. The maximum Gasteiger partial charge on any atom is 0.339 e. The SMILES string of the molecule is O=c1cc(O)c2c(=O)[nH]c3ccccc3c2o1. The summed E-state index contributed by atoms with van der Waals surface area (Å²) >= 11 is 0. The predicted octanol–water partition coefficient (Wildman–Crippen LogP) is 1.34. The minimum atomic E-state index is -0.689. The van der Waals surface area contributed by atoms with Gasteiger partial charge in [-0.2, -0.15) is 0 Å². The van der Waals surface area contributed by atoms with E-state index >= 15 is 0 Å². The van der Waals surface area contributed by atoms with Crippen molar-refractivity contribution in [2.75, 3.05) is 0 Å². The molecular weight excluding hydrogens is 222 g/mol. The van der Waals surface area contributed by atoms with Gasteiger partial charge in [-0.05, 0) is 12.1 Å². The van der Waals surface area contributed by atoms with Gasteiger partial charge in [-0.25, -0.2) is 4.79 Å². The van der Waals surface area contributed by atoms with Gasteiger partial charge in [0.05, 0.1) is 11.6 Å². The summed E-state index contributed by atoms with van der Waals surface area (Å²) < 4.78 is 5.00. The summed E-state index contributed by atoms with van der Waals surface area (Å²) in [5, 5.41) is 10.2. The van der Waals surface area contributed by atoms with Gasteiger partial charge in [0.1, 0.15) is 11.1 Å². The van der Waals surface area contributed by atoms with Gasteiger partial charge in [0.2, 0.25) is 0 Å². The molecule has 0 unspecified atom stereocenters. The van der Waals surface area contributed by atoms with Gasteiger partial charge in [0, 0.05) is 5.39 Å². The summed E-state index contributed by atoms with van der Waals surface area (Å²) in [6, 6.07) is 7.79. The molecule has 0 aliphatic heterocycles. The van der Waals surface area contributed by atoms with E-state index in [9.17, 15) is 14.7 Å². The highest BCUT2D eigenvalue weighted by atomic mass is 16.4. The van der Waals surface area contributed by atoms with Gasteiger partial charge < -0.3 is 14.5 Å². The topological polar surface area (TPSA) is 83.3 Å². The Bertz CT molecular complexity index is 844. The predicted molar refractivity (Wildman–Crippen MR) is 62.3 cm³/mol. The van der Waals surface area contributed by atoms with Gasteiger partial charge in [0.25, 0.3) is 5.56 Å². The first-order valence-corrected chi connectivity index (χ1v) is 4.94. The van der Waals surface area contributed by atoms with Crippen molar-refractivity contribution in [3.63, 3.8) is 0 Å². The van der Waals surface area contributed by atoms with Crippen LogP contribution in [0.4, 0.5) is 0 Å². The van der Waals surface area contributed by atoms with E-state index in [0.717, 1.165) is 6.07 Å². The molecule has 0 bridgehead atoms. The van der Waals surface area contributed by atoms with Crippen LogP contribution in [0, 0.1) is 0 Å². The first-order chi connectivity index (χ1) is 8.16. The molecule has 0 saturated carbocycles. The Balaban J connectivity index is 2.75. The lowest BCUT2D eigenvalue weighted by Gasteiger charge is -2.02. The maximum absolute atomic E-state index is 11.7. The summed E-state index contributed by atoms with van der Waals surface area (Å²) in [5.41, 5.74) is -0.515. The molecular formula is C12H7NO4. The molecule has 84 valence electrons. The number of aromatic amines is 1. The third-order valence-electron chi connectivity index (χ3n) is 2.59. The number of benzene rings is 1. The summed E-state index contributed by atoms with van der Waals surface area (Å²) in [4.78, 5) is 25.6. The van der Waals surface area contributed by atoms with Crippen molar-refractivity contribution in [2.24, 2.45) is 0 Å². The summed E-state index contributed by atoms with van der Waals surface area (Å²) in [6.07, 6.45) is 0. The van der Waals surface area contributed by atoms with Crippen molar-refractivity contribution in [1.82, 2.24) is 4.98 Å². The van der Waals surface area contributed by atoms with Gasteiger partial charge in [-0.3, -0.25) is 4.79 Å². The van der Waals surface area contributed by atoms with Crippen molar-refractivity contribution in [3.8, 4) is 5.75 Å². The largest absolute Gasteiger partial charge is 0.507 e. The van der Waals surface area contributed by atoms with Crippen molar-refractivity contribution in [2.45, 2.75) is 0 Å². The standard InChI is InChI=1S/C12H7NO4/c14-8-5-9(15)17-11-6-3-1-2-4-7(6)13-12(16)10(8)11/h1-5,14H,(H,13,16). The molecule has 0 aliphatic rings. The minimum absolute atomic E-state index is 0.0108. The zero-order valence-electron chi connectivity index (χ0n) is 8.56. The van der Waals surface area contributed by atoms with Crippen molar-refractivity contribution >= 4 is 21.9 Å². The second kappa shape index (κ2) is 3.21. The fourth-order valence-corrected chi connectivity index (χ4v) is 1.87. The van der Waals surface area contributed by atoms with E-state index in [4.69, 9.17) is 4.42 Å². The monoisotopic (exact) mass is 229 g/mol. The fourth-order valence-electron chi connectivity index (χ4n) is 1.87. The molecule has 3 aromatic rings. The first kappa shape index (κ1) is 9.65. The van der Waals surface area contributed by atoms with Crippen LogP contribution in [0.1, 0.15) is 0 Å². The number of rotatable bonds is 0. The van der Waals surface area contributed by atoms with E-state index in [1.165, 1.54) is 0 Å². The zero-order valence-corrected chi connectivity index (χ0v) is 8.56. The number of H-pyrrole nitrogens is 1. The number of para-hydroxylation sites is 1. The maximum atomic E-state index is 11.7. The molecule has 5 nitrogen and oxygen atoms in total. The number of fused-ring (bicyclic) bond motifs is 3. The Morgan fingerprint density at radius 2 is 1.94 bits per heavy atom. The van der Waals surface area contributed by atoms with Crippen LogP contribution in [0.5, 0.6) is 5.75 Å². The Kier molecular flexibility index (Phi) is 1.82. The van der Waals surface area contributed by atoms with E-state index in [-0.39, 0.29) is 16.7 Å². The Morgan fingerprint density at radius 1 is 1.18 bits per heavy atom. The van der Waals surface area contributed by atoms with Gasteiger partial charge in [-0.15, -0.1) is 0 Å². The average molecular weight is 229 g/mol. The van der Waals surface area contributed by atoms with Crippen molar-refractivity contribution in [3.05, 3.63) is 51.1 Å². The van der Waals surface area contributed by atoms with Crippen LogP contribution >= 0.6 is 0 Å². The van der Waals surface area contributed by atoms with Crippen LogP contribution in [-0.4, -0.2) is 10.1 Å². The quantitative estimate of drug-likeness (QED) is 0.570. The Labute approximate surface area is 93.9 Å². The normalized spacial score (nSPS) is 11.1. The second-order valence-electron chi connectivity index (χ2n) is 3.65. The molecule has 0 amide bonds. The highest BCUT2D eigenvalue weighted by molar-refractivity contribution is 6.03. The third kappa shape index (κ3) is 1.32. The number of hydrogen-bond donors (Lipinski definition) is 2. The number of aromatic nitrogens is 1. The molecule has 5 heteroatoms. The molecule has 3 rings (SSSR count). The van der Waals surface area contributed by atoms with E-state index in [1.807, 2.05) is 0 Å². The lowest BCUT2D eigenvalue weighted by atomic mass is 10.1. The van der Waals surface area contributed by atoms with Gasteiger partial charge >= 0.3 is 5.63 Å². The van der Waals surface area contributed by atoms with Crippen molar-refractivity contribution in [1.29, 1.82) is 0 Å².